The Bertz CT molecular complexity index is 286. The molecule has 0 aliphatic heterocycles. The Morgan fingerprint density at radius 2 is 2.21 bits per heavy atom. The Kier molecular flexibility index (Phi) is 4.21. The van der Waals surface area contributed by atoms with Crippen LogP contribution in [0, 0.1) is 5.92 Å². The van der Waals surface area contributed by atoms with E-state index in [4.69, 9.17) is 11.6 Å². The second-order valence-electron chi connectivity index (χ2n) is 3.77. The lowest BCUT2D eigenvalue weighted by atomic mass is 10.0. The smallest absolute Gasteiger partial charge is 0.131 e. The van der Waals surface area contributed by atoms with E-state index in [0.29, 0.717) is 17.1 Å². The van der Waals surface area contributed by atoms with Crippen molar-refractivity contribution < 1.29 is 0 Å². The number of nitrogens with one attached hydrogen (secondary N) is 1. The summed E-state index contributed by atoms with van der Waals surface area (Å²) in [7, 11) is 0. The minimum absolute atomic E-state index is 0.494. The molecule has 0 saturated heterocycles. The van der Waals surface area contributed by atoms with Gasteiger partial charge in [-0.3, -0.25) is 0 Å². The van der Waals surface area contributed by atoms with Gasteiger partial charge in [0, 0.05) is 17.9 Å². The summed E-state index contributed by atoms with van der Waals surface area (Å²) < 4.78 is 0. The van der Waals surface area contributed by atoms with Gasteiger partial charge in [0.05, 0.1) is 0 Å². The molecular weight excluding hydrogens is 196 g/mol. The Labute approximate surface area is 90.7 Å². The summed E-state index contributed by atoms with van der Waals surface area (Å²) in [4.78, 5) is 3.94. The van der Waals surface area contributed by atoms with Gasteiger partial charge in [0.15, 0.2) is 0 Å². The van der Waals surface area contributed by atoms with Crippen molar-refractivity contribution in [2.75, 3.05) is 5.32 Å². The number of halogens is 1. The summed E-state index contributed by atoms with van der Waals surface area (Å²) in [5, 5.41) is 3.98. The molecule has 1 rings (SSSR count). The van der Waals surface area contributed by atoms with Gasteiger partial charge < -0.3 is 5.32 Å². The molecule has 0 spiro atoms. The average Bonchev–Trinajstić information content (AvgIpc) is 2.14. The van der Waals surface area contributed by atoms with Crippen molar-refractivity contribution in [3.8, 4) is 0 Å². The second kappa shape index (κ2) is 5.20. The lowest BCUT2D eigenvalue weighted by molar-refractivity contribution is 0.511. The number of hydrogen-bond acceptors (Lipinski definition) is 2. The zero-order valence-corrected chi connectivity index (χ0v) is 9.67. The maximum atomic E-state index is 5.80. The summed E-state index contributed by atoms with van der Waals surface area (Å²) >= 11 is 5.80. The minimum atomic E-state index is 0.494. The van der Waals surface area contributed by atoms with Crippen molar-refractivity contribution >= 4 is 17.3 Å². The predicted molar refractivity (Wildman–Crippen MR) is 61.8 cm³/mol. The van der Waals surface area contributed by atoms with Gasteiger partial charge in [0.25, 0.3) is 0 Å². The highest BCUT2D eigenvalue weighted by atomic mass is 35.5. The maximum absolute atomic E-state index is 5.80. The standard InChI is InChI=1S/C11H17ClN2/c1-4-10(8(2)3)14-9-5-6-13-11(12)7-9/h5-8,10H,4H2,1-3H3,(H,13,14)/t10-/m0/s1. The van der Waals surface area contributed by atoms with Crippen molar-refractivity contribution in [2.24, 2.45) is 5.92 Å². The average molecular weight is 213 g/mol. The SMILES string of the molecule is CC[C@H](Nc1ccnc(Cl)c1)C(C)C. The van der Waals surface area contributed by atoms with E-state index in [9.17, 15) is 0 Å². The summed E-state index contributed by atoms with van der Waals surface area (Å²) in [5.41, 5.74) is 1.05. The molecule has 1 aromatic rings. The lowest BCUT2D eigenvalue weighted by Gasteiger charge is -2.21. The third-order valence-electron chi connectivity index (χ3n) is 2.32. The van der Waals surface area contributed by atoms with Crippen LogP contribution in [0.25, 0.3) is 0 Å². The fourth-order valence-corrected chi connectivity index (χ4v) is 1.62. The molecule has 0 aliphatic rings. The topological polar surface area (TPSA) is 24.9 Å². The molecule has 0 saturated carbocycles. The number of pyridine rings is 1. The van der Waals surface area contributed by atoms with Crippen LogP contribution in [0.15, 0.2) is 18.3 Å². The van der Waals surface area contributed by atoms with E-state index in [1.165, 1.54) is 0 Å². The zero-order valence-electron chi connectivity index (χ0n) is 8.92. The maximum Gasteiger partial charge on any atom is 0.131 e. The van der Waals surface area contributed by atoms with Gasteiger partial charge in [-0.05, 0) is 24.5 Å². The highest BCUT2D eigenvalue weighted by Gasteiger charge is 2.10. The molecule has 0 aromatic carbocycles. The van der Waals surface area contributed by atoms with Gasteiger partial charge in [-0.1, -0.05) is 32.4 Å². The third kappa shape index (κ3) is 3.18. The molecule has 0 unspecified atom stereocenters. The van der Waals surface area contributed by atoms with Gasteiger partial charge in [-0.2, -0.15) is 0 Å². The molecule has 0 fully saturated rings. The molecule has 1 atom stereocenters. The molecule has 1 aromatic heterocycles. The Morgan fingerprint density at radius 1 is 1.50 bits per heavy atom. The van der Waals surface area contributed by atoms with Crippen LogP contribution in [-0.4, -0.2) is 11.0 Å². The highest BCUT2D eigenvalue weighted by Crippen LogP contribution is 2.17. The quantitative estimate of drug-likeness (QED) is 0.772. The normalized spacial score (nSPS) is 12.9. The largest absolute Gasteiger partial charge is 0.382 e. The van der Waals surface area contributed by atoms with Crippen LogP contribution in [0.2, 0.25) is 5.15 Å². The summed E-state index contributed by atoms with van der Waals surface area (Å²) in [6.45, 7) is 6.61. The molecule has 14 heavy (non-hydrogen) atoms. The first-order valence-corrected chi connectivity index (χ1v) is 5.39. The van der Waals surface area contributed by atoms with Crippen LogP contribution in [0.1, 0.15) is 27.2 Å². The van der Waals surface area contributed by atoms with Gasteiger partial charge in [-0.25, -0.2) is 4.98 Å². The highest BCUT2D eigenvalue weighted by molar-refractivity contribution is 6.29. The molecule has 78 valence electrons. The summed E-state index contributed by atoms with van der Waals surface area (Å²) in [6, 6.07) is 4.29. The molecule has 0 amide bonds. The van der Waals surface area contributed by atoms with Crippen molar-refractivity contribution in [1.82, 2.24) is 4.98 Å². The molecule has 0 bridgehead atoms. The number of hydrogen-bond donors (Lipinski definition) is 1. The van der Waals surface area contributed by atoms with Crippen molar-refractivity contribution in [3.05, 3.63) is 23.5 Å². The minimum Gasteiger partial charge on any atom is -0.382 e. The van der Waals surface area contributed by atoms with E-state index in [1.54, 1.807) is 6.20 Å². The fourth-order valence-electron chi connectivity index (χ4n) is 1.45. The number of aromatic nitrogens is 1. The van der Waals surface area contributed by atoms with E-state index in [1.807, 2.05) is 12.1 Å². The summed E-state index contributed by atoms with van der Waals surface area (Å²) in [6.07, 6.45) is 2.83. The van der Waals surface area contributed by atoms with Crippen LogP contribution >= 0.6 is 11.6 Å². The van der Waals surface area contributed by atoms with Crippen LogP contribution in [0.5, 0.6) is 0 Å². The Hall–Kier alpha value is -0.760. The van der Waals surface area contributed by atoms with E-state index in [0.717, 1.165) is 12.1 Å². The third-order valence-corrected chi connectivity index (χ3v) is 2.53. The van der Waals surface area contributed by atoms with Crippen LogP contribution < -0.4 is 5.32 Å². The monoisotopic (exact) mass is 212 g/mol. The predicted octanol–water partition coefficient (Wildman–Crippen LogP) is 3.58. The lowest BCUT2D eigenvalue weighted by Crippen LogP contribution is -2.24. The van der Waals surface area contributed by atoms with E-state index >= 15 is 0 Å². The van der Waals surface area contributed by atoms with E-state index < -0.39 is 0 Å². The molecule has 3 heteroatoms. The number of nitrogens with zero attached hydrogens (tertiary/aromatic N) is 1. The van der Waals surface area contributed by atoms with E-state index in [2.05, 4.69) is 31.1 Å². The van der Waals surface area contributed by atoms with E-state index in [-0.39, 0.29) is 0 Å². The second-order valence-corrected chi connectivity index (χ2v) is 4.16. The Balaban J connectivity index is 2.67. The zero-order chi connectivity index (χ0) is 10.6. The van der Waals surface area contributed by atoms with Gasteiger partial charge in [0.1, 0.15) is 5.15 Å². The molecule has 1 N–H and O–H groups in total. The molecule has 2 nitrogen and oxygen atoms in total. The first-order chi connectivity index (χ1) is 6.63. The van der Waals surface area contributed by atoms with Crippen molar-refractivity contribution in [2.45, 2.75) is 33.2 Å². The number of anilines is 1. The van der Waals surface area contributed by atoms with Crippen LogP contribution in [-0.2, 0) is 0 Å². The Morgan fingerprint density at radius 3 is 2.71 bits per heavy atom. The fraction of sp³-hybridized carbons (Fsp3) is 0.545. The first kappa shape index (κ1) is 11.3. The molecular formula is C11H17ClN2. The molecule has 1 heterocycles. The van der Waals surface area contributed by atoms with Gasteiger partial charge in [0.2, 0.25) is 0 Å². The van der Waals surface area contributed by atoms with Gasteiger partial charge in [-0.15, -0.1) is 0 Å². The van der Waals surface area contributed by atoms with Crippen LogP contribution in [0.4, 0.5) is 5.69 Å². The molecule has 0 aliphatic carbocycles. The molecule has 0 radical (unpaired) electrons. The van der Waals surface area contributed by atoms with Crippen molar-refractivity contribution in [1.29, 1.82) is 0 Å². The van der Waals surface area contributed by atoms with Gasteiger partial charge >= 0.3 is 0 Å². The first-order valence-electron chi connectivity index (χ1n) is 5.01. The van der Waals surface area contributed by atoms with Crippen LogP contribution in [0.3, 0.4) is 0 Å². The number of rotatable bonds is 4. The summed E-state index contributed by atoms with van der Waals surface area (Å²) in [5.74, 6) is 0.618. The van der Waals surface area contributed by atoms with Crippen molar-refractivity contribution in [3.63, 3.8) is 0 Å².